The van der Waals surface area contributed by atoms with Gasteiger partial charge in [0.2, 0.25) is 0 Å². The lowest BCUT2D eigenvalue weighted by molar-refractivity contribution is -0.137. The summed E-state index contributed by atoms with van der Waals surface area (Å²) in [6, 6.07) is 8.82. The number of piperidine rings is 1. The Hall–Kier alpha value is -2.01. The Morgan fingerprint density at radius 3 is 2.52 bits per heavy atom. The van der Waals surface area contributed by atoms with E-state index in [1.54, 1.807) is 11.3 Å². The molecule has 0 radical (unpaired) electrons. The molecule has 0 bridgehead atoms. The number of benzene rings is 1. The molecule has 166 valence electrons. The van der Waals surface area contributed by atoms with E-state index in [-0.39, 0.29) is 18.3 Å². The highest BCUT2D eigenvalue weighted by molar-refractivity contribution is 7.10. The van der Waals surface area contributed by atoms with Gasteiger partial charge in [0, 0.05) is 54.2 Å². The first-order valence-corrected chi connectivity index (χ1v) is 11.8. The summed E-state index contributed by atoms with van der Waals surface area (Å²) < 4.78 is 38.0. The van der Waals surface area contributed by atoms with Gasteiger partial charge < -0.3 is 15.3 Å². The molecule has 0 saturated carbocycles. The van der Waals surface area contributed by atoms with Gasteiger partial charge in [-0.15, -0.1) is 22.7 Å². The monoisotopic (exact) mass is 468 g/mol. The van der Waals surface area contributed by atoms with E-state index in [2.05, 4.69) is 44.5 Å². The highest BCUT2D eigenvalue weighted by atomic mass is 32.1. The summed E-state index contributed by atoms with van der Waals surface area (Å²) in [5.41, 5.74) is 4.36. The smallest absolute Gasteiger partial charge is 0.385 e. The highest BCUT2D eigenvalue weighted by Gasteiger charge is 2.35. The summed E-state index contributed by atoms with van der Waals surface area (Å²) in [6.45, 7) is 1.96. The number of aromatic nitrogens is 2. The molecule has 2 aromatic heterocycles. The summed E-state index contributed by atoms with van der Waals surface area (Å²) in [4.78, 5) is 11.2. The number of aliphatic hydroxyl groups is 1. The van der Waals surface area contributed by atoms with Gasteiger partial charge in [0.15, 0.2) is 5.01 Å². The fraction of sp³-hybridized carbons (Fsp3) is 0.429. The van der Waals surface area contributed by atoms with Crippen molar-refractivity contribution in [2.75, 3.05) is 24.5 Å². The van der Waals surface area contributed by atoms with Gasteiger partial charge in [0.05, 0.1) is 11.2 Å². The number of hydrogen-bond donors (Lipinski definition) is 2. The molecular weight excluding hydrogens is 445 g/mol. The molecule has 0 spiro atoms. The SMILES string of the molecule is OC(CNC1CCN(c2ccc(Cc3cncs3)cc2)CC1)c1csc(C(F)(F)F)n1. The first kappa shape index (κ1) is 22.2. The number of nitrogens with zero attached hydrogens (tertiary/aromatic N) is 3. The van der Waals surface area contributed by atoms with Crippen molar-refractivity contribution in [2.24, 2.45) is 0 Å². The molecule has 0 aliphatic carbocycles. The average molecular weight is 469 g/mol. The Morgan fingerprint density at radius 1 is 1.16 bits per heavy atom. The van der Waals surface area contributed by atoms with Gasteiger partial charge in [0.1, 0.15) is 6.10 Å². The molecule has 1 unspecified atom stereocenters. The van der Waals surface area contributed by atoms with Gasteiger partial charge in [-0.3, -0.25) is 4.98 Å². The van der Waals surface area contributed by atoms with Gasteiger partial charge in [0.25, 0.3) is 0 Å². The van der Waals surface area contributed by atoms with E-state index in [1.165, 1.54) is 21.5 Å². The van der Waals surface area contributed by atoms with Crippen LogP contribution in [0.15, 0.2) is 41.4 Å². The maximum atomic E-state index is 12.7. The largest absolute Gasteiger partial charge is 0.443 e. The Labute approximate surface area is 186 Å². The van der Waals surface area contributed by atoms with Gasteiger partial charge in [-0.25, -0.2) is 4.98 Å². The number of halogens is 3. The molecule has 1 aliphatic heterocycles. The number of nitrogens with one attached hydrogen (secondary N) is 1. The first-order valence-electron chi connectivity index (χ1n) is 10.0. The van der Waals surface area contributed by atoms with Crippen LogP contribution < -0.4 is 10.2 Å². The van der Waals surface area contributed by atoms with Crippen LogP contribution >= 0.6 is 22.7 Å². The standard InChI is InChI=1S/C21H23F3N4OS2/c22-21(23,24)20-27-18(12-30-20)19(29)11-26-15-5-7-28(8-6-15)16-3-1-14(2-4-16)9-17-10-25-13-31-17/h1-4,10,12-13,15,19,26,29H,5-9,11H2. The quantitative estimate of drug-likeness (QED) is 0.535. The van der Waals surface area contributed by atoms with Crippen molar-refractivity contribution in [1.29, 1.82) is 0 Å². The fourth-order valence-corrected chi connectivity index (χ4v) is 5.01. The summed E-state index contributed by atoms with van der Waals surface area (Å²) in [5.74, 6) is 0. The fourth-order valence-electron chi connectivity index (χ4n) is 3.65. The van der Waals surface area contributed by atoms with Gasteiger partial charge in [-0.05, 0) is 30.5 Å². The Bertz CT molecular complexity index is 952. The van der Waals surface area contributed by atoms with E-state index in [9.17, 15) is 18.3 Å². The summed E-state index contributed by atoms with van der Waals surface area (Å²) in [7, 11) is 0. The van der Waals surface area contributed by atoms with Crippen LogP contribution in [0.1, 0.15) is 40.1 Å². The zero-order chi connectivity index (χ0) is 21.8. The van der Waals surface area contributed by atoms with Crippen LogP contribution in [0.2, 0.25) is 0 Å². The molecule has 5 nitrogen and oxygen atoms in total. The van der Waals surface area contributed by atoms with Crippen molar-refractivity contribution in [3.05, 3.63) is 62.5 Å². The van der Waals surface area contributed by atoms with Gasteiger partial charge in [-0.2, -0.15) is 13.2 Å². The zero-order valence-electron chi connectivity index (χ0n) is 16.7. The lowest BCUT2D eigenvalue weighted by Crippen LogP contribution is -2.43. The molecule has 1 fully saturated rings. The van der Waals surface area contributed by atoms with E-state index in [1.807, 2.05) is 11.7 Å². The van der Waals surface area contributed by atoms with Crippen LogP contribution in [-0.4, -0.2) is 40.8 Å². The van der Waals surface area contributed by atoms with E-state index >= 15 is 0 Å². The molecule has 3 aromatic rings. The van der Waals surface area contributed by atoms with Crippen molar-refractivity contribution in [1.82, 2.24) is 15.3 Å². The molecule has 3 heterocycles. The molecule has 1 aromatic carbocycles. The molecule has 2 N–H and O–H groups in total. The molecule has 4 rings (SSSR count). The van der Waals surface area contributed by atoms with Crippen LogP contribution in [0.4, 0.5) is 18.9 Å². The minimum atomic E-state index is -4.47. The number of hydrogen-bond acceptors (Lipinski definition) is 7. The summed E-state index contributed by atoms with van der Waals surface area (Å²) in [6.07, 6.45) is -0.918. The topological polar surface area (TPSA) is 61.3 Å². The van der Waals surface area contributed by atoms with Gasteiger partial charge in [-0.1, -0.05) is 12.1 Å². The van der Waals surface area contributed by atoms with Crippen molar-refractivity contribution in [2.45, 2.75) is 37.6 Å². The lowest BCUT2D eigenvalue weighted by Gasteiger charge is -2.34. The number of rotatable bonds is 7. The van der Waals surface area contributed by atoms with Crippen LogP contribution in [0, 0.1) is 0 Å². The molecule has 10 heteroatoms. The maximum Gasteiger partial charge on any atom is 0.443 e. The Morgan fingerprint density at radius 2 is 1.90 bits per heavy atom. The number of aliphatic hydroxyl groups excluding tert-OH is 1. The maximum absolute atomic E-state index is 12.7. The second kappa shape index (κ2) is 9.64. The lowest BCUT2D eigenvalue weighted by atomic mass is 10.0. The highest BCUT2D eigenvalue weighted by Crippen LogP contribution is 2.33. The summed E-state index contributed by atoms with van der Waals surface area (Å²) in [5, 5.41) is 13.8. The molecule has 0 amide bonds. The van der Waals surface area contributed by atoms with E-state index in [4.69, 9.17) is 0 Å². The number of alkyl halides is 3. The second-order valence-electron chi connectivity index (χ2n) is 7.57. The molecule has 1 aliphatic rings. The van der Waals surface area contributed by atoms with Crippen LogP contribution in [0.3, 0.4) is 0 Å². The molecular formula is C21H23F3N4OS2. The van der Waals surface area contributed by atoms with E-state index in [0.29, 0.717) is 11.3 Å². The predicted octanol–water partition coefficient (Wildman–Crippen LogP) is 4.50. The molecule has 1 saturated heterocycles. The van der Waals surface area contributed by atoms with Crippen molar-refractivity contribution < 1.29 is 18.3 Å². The van der Waals surface area contributed by atoms with Crippen LogP contribution in [0.5, 0.6) is 0 Å². The summed E-state index contributed by atoms with van der Waals surface area (Å²) >= 11 is 2.17. The third-order valence-electron chi connectivity index (χ3n) is 5.36. The number of anilines is 1. The minimum Gasteiger partial charge on any atom is -0.385 e. The average Bonchev–Trinajstić information content (AvgIpc) is 3.45. The second-order valence-corrected chi connectivity index (χ2v) is 9.40. The Balaban J connectivity index is 1.23. The zero-order valence-corrected chi connectivity index (χ0v) is 18.3. The third-order valence-corrected chi connectivity index (χ3v) is 7.05. The minimum absolute atomic E-state index is 0.0701. The molecule has 31 heavy (non-hydrogen) atoms. The van der Waals surface area contributed by atoms with E-state index < -0.39 is 17.3 Å². The van der Waals surface area contributed by atoms with Crippen LogP contribution in [-0.2, 0) is 12.6 Å². The molecule has 1 atom stereocenters. The first-order chi connectivity index (χ1) is 14.9. The normalized spacial score (nSPS) is 16.6. The Kier molecular flexibility index (Phi) is 6.90. The third kappa shape index (κ3) is 5.82. The van der Waals surface area contributed by atoms with Crippen molar-refractivity contribution >= 4 is 28.4 Å². The van der Waals surface area contributed by atoms with Crippen molar-refractivity contribution in [3.63, 3.8) is 0 Å². The van der Waals surface area contributed by atoms with E-state index in [0.717, 1.165) is 32.4 Å². The van der Waals surface area contributed by atoms with Crippen LogP contribution in [0.25, 0.3) is 0 Å². The van der Waals surface area contributed by atoms with Crippen molar-refractivity contribution in [3.8, 4) is 0 Å². The predicted molar refractivity (Wildman–Crippen MR) is 117 cm³/mol. The van der Waals surface area contributed by atoms with Gasteiger partial charge >= 0.3 is 6.18 Å². The number of thiazole rings is 2.